The van der Waals surface area contributed by atoms with Crippen LogP contribution >= 0.6 is 0 Å². The highest BCUT2D eigenvalue weighted by molar-refractivity contribution is 5.34. The summed E-state index contributed by atoms with van der Waals surface area (Å²) in [6.07, 6.45) is 3.60. The smallest absolute Gasteiger partial charge is 0.119 e. The van der Waals surface area contributed by atoms with Crippen LogP contribution < -0.4 is 10.1 Å². The van der Waals surface area contributed by atoms with Crippen LogP contribution in [0.25, 0.3) is 0 Å². The molecule has 0 aliphatic carbocycles. The average molecular weight is 286 g/mol. The van der Waals surface area contributed by atoms with Gasteiger partial charge in [0.25, 0.3) is 0 Å². The van der Waals surface area contributed by atoms with Crippen LogP contribution in [0.2, 0.25) is 0 Å². The Labute approximate surface area is 123 Å². The second-order valence-corrected chi connectivity index (χ2v) is 4.62. The number of aromatic nitrogens is 2. The second-order valence-electron chi connectivity index (χ2n) is 4.62. The van der Waals surface area contributed by atoms with Gasteiger partial charge in [0.15, 0.2) is 0 Å². The summed E-state index contributed by atoms with van der Waals surface area (Å²) < 4.78 is 7.27. The van der Waals surface area contributed by atoms with Crippen molar-refractivity contribution in [3.8, 4) is 11.8 Å². The maximum Gasteiger partial charge on any atom is 0.119 e. The number of nitriles is 1. The van der Waals surface area contributed by atoms with Crippen molar-refractivity contribution in [2.45, 2.75) is 6.04 Å². The van der Waals surface area contributed by atoms with Crippen LogP contribution in [0, 0.1) is 11.3 Å². The quantitative estimate of drug-likeness (QED) is 0.742. The number of nitrogens with one attached hydrogen (secondary N) is 1. The summed E-state index contributed by atoms with van der Waals surface area (Å²) in [5.74, 6) is 0.720. The monoisotopic (exact) mass is 286 g/mol. The van der Waals surface area contributed by atoms with Crippen LogP contribution in [0.1, 0.15) is 17.2 Å². The van der Waals surface area contributed by atoms with E-state index < -0.39 is 0 Å². The molecule has 0 unspecified atom stereocenters. The summed E-state index contributed by atoms with van der Waals surface area (Å²) in [6.45, 7) is 1.07. The van der Waals surface area contributed by atoms with E-state index in [0.29, 0.717) is 18.7 Å². The lowest BCUT2D eigenvalue weighted by atomic mass is 10.2. The van der Waals surface area contributed by atoms with Gasteiger partial charge in [0.1, 0.15) is 12.4 Å². The third kappa shape index (κ3) is 4.31. The molecule has 0 bridgehead atoms. The Morgan fingerprint density at radius 1 is 1.43 bits per heavy atom. The molecule has 0 aliphatic heterocycles. The Morgan fingerprint density at radius 2 is 2.19 bits per heavy atom. The van der Waals surface area contributed by atoms with E-state index in [1.54, 1.807) is 35.1 Å². The van der Waals surface area contributed by atoms with Gasteiger partial charge >= 0.3 is 0 Å². The lowest BCUT2D eigenvalue weighted by molar-refractivity contribution is 0.232. The number of aliphatic hydroxyl groups excluding tert-OH is 1. The number of aryl methyl sites for hydroxylation is 1. The Morgan fingerprint density at radius 3 is 2.76 bits per heavy atom. The molecule has 110 valence electrons. The van der Waals surface area contributed by atoms with Gasteiger partial charge in [-0.05, 0) is 24.3 Å². The highest BCUT2D eigenvalue weighted by atomic mass is 16.5. The maximum absolute atomic E-state index is 9.39. The molecule has 0 aliphatic rings. The molecule has 6 heteroatoms. The molecular weight excluding hydrogens is 268 g/mol. The largest absolute Gasteiger partial charge is 0.492 e. The van der Waals surface area contributed by atoms with E-state index in [1.165, 1.54) is 0 Å². The fraction of sp³-hybridized carbons (Fsp3) is 0.333. The summed E-state index contributed by atoms with van der Waals surface area (Å²) in [5.41, 5.74) is 1.55. The summed E-state index contributed by atoms with van der Waals surface area (Å²) in [6, 6.07) is 8.88. The van der Waals surface area contributed by atoms with Crippen molar-refractivity contribution >= 4 is 0 Å². The molecule has 2 aromatic rings. The molecule has 2 rings (SSSR count). The lowest BCUT2D eigenvalue weighted by Crippen LogP contribution is -2.28. The number of benzene rings is 1. The van der Waals surface area contributed by atoms with Gasteiger partial charge in [-0.3, -0.25) is 4.68 Å². The number of hydrogen-bond donors (Lipinski definition) is 2. The third-order valence-electron chi connectivity index (χ3n) is 3.05. The molecular formula is C15H18N4O2. The first-order chi connectivity index (χ1) is 10.2. The van der Waals surface area contributed by atoms with E-state index in [0.717, 1.165) is 11.3 Å². The highest BCUT2D eigenvalue weighted by Gasteiger charge is 2.11. The van der Waals surface area contributed by atoms with Crippen LogP contribution in [0.15, 0.2) is 36.7 Å². The van der Waals surface area contributed by atoms with Gasteiger partial charge in [-0.15, -0.1) is 0 Å². The predicted molar refractivity (Wildman–Crippen MR) is 77.7 cm³/mol. The Kier molecular flexibility index (Phi) is 5.32. The van der Waals surface area contributed by atoms with Crippen molar-refractivity contribution in [2.75, 3.05) is 19.8 Å². The zero-order valence-electron chi connectivity index (χ0n) is 11.9. The van der Waals surface area contributed by atoms with E-state index in [4.69, 9.17) is 10.00 Å². The fourth-order valence-corrected chi connectivity index (χ4v) is 1.94. The molecule has 0 spiro atoms. The Balaban J connectivity index is 1.76. The number of aliphatic hydroxyl groups is 1. The van der Waals surface area contributed by atoms with Crippen molar-refractivity contribution in [3.63, 3.8) is 0 Å². The molecule has 0 saturated carbocycles. The first-order valence-electron chi connectivity index (χ1n) is 6.68. The van der Waals surface area contributed by atoms with Crippen molar-refractivity contribution < 1.29 is 9.84 Å². The van der Waals surface area contributed by atoms with Crippen LogP contribution in [0.4, 0.5) is 0 Å². The molecule has 1 aromatic carbocycles. The molecule has 1 atom stereocenters. The van der Waals surface area contributed by atoms with Gasteiger partial charge in [0.05, 0.1) is 30.5 Å². The van der Waals surface area contributed by atoms with E-state index in [1.807, 2.05) is 13.2 Å². The molecule has 1 aromatic heterocycles. The van der Waals surface area contributed by atoms with Crippen LogP contribution in [0.5, 0.6) is 5.75 Å². The maximum atomic E-state index is 9.39. The zero-order valence-corrected chi connectivity index (χ0v) is 11.9. The molecule has 6 nitrogen and oxygen atoms in total. The number of rotatable bonds is 7. The molecule has 21 heavy (non-hydrogen) atoms. The van der Waals surface area contributed by atoms with Crippen molar-refractivity contribution in [1.29, 1.82) is 5.26 Å². The van der Waals surface area contributed by atoms with Crippen LogP contribution in [0.3, 0.4) is 0 Å². The third-order valence-corrected chi connectivity index (χ3v) is 3.05. The highest BCUT2D eigenvalue weighted by Crippen LogP contribution is 2.12. The summed E-state index contributed by atoms with van der Waals surface area (Å²) in [7, 11) is 1.84. The topological polar surface area (TPSA) is 83.1 Å². The van der Waals surface area contributed by atoms with Gasteiger partial charge < -0.3 is 15.2 Å². The summed E-state index contributed by atoms with van der Waals surface area (Å²) in [4.78, 5) is 0. The van der Waals surface area contributed by atoms with E-state index in [9.17, 15) is 5.11 Å². The van der Waals surface area contributed by atoms with Crippen LogP contribution in [-0.4, -0.2) is 34.6 Å². The Hall–Kier alpha value is -2.36. The van der Waals surface area contributed by atoms with Gasteiger partial charge in [-0.1, -0.05) is 0 Å². The fourth-order valence-electron chi connectivity index (χ4n) is 1.94. The van der Waals surface area contributed by atoms with E-state index in [2.05, 4.69) is 16.5 Å². The van der Waals surface area contributed by atoms with Crippen molar-refractivity contribution in [2.24, 2.45) is 7.05 Å². The molecule has 0 saturated heterocycles. The van der Waals surface area contributed by atoms with Crippen molar-refractivity contribution in [1.82, 2.24) is 15.1 Å². The van der Waals surface area contributed by atoms with Gasteiger partial charge in [0, 0.05) is 25.4 Å². The number of hydrogen-bond acceptors (Lipinski definition) is 5. The molecule has 0 amide bonds. The Bertz CT molecular complexity index is 601. The molecule has 0 fully saturated rings. The van der Waals surface area contributed by atoms with Gasteiger partial charge in [-0.2, -0.15) is 10.4 Å². The second kappa shape index (κ2) is 7.43. The summed E-state index contributed by atoms with van der Waals surface area (Å²) in [5, 5.41) is 25.4. The first-order valence-corrected chi connectivity index (χ1v) is 6.68. The molecule has 1 heterocycles. The first kappa shape index (κ1) is 15.0. The predicted octanol–water partition coefficient (Wildman–Crippen LogP) is 0.994. The van der Waals surface area contributed by atoms with Crippen LogP contribution in [-0.2, 0) is 7.05 Å². The molecule has 0 radical (unpaired) electrons. The number of ether oxygens (including phenoxy) is 1. The van der Waals surface area contributed by atoms with E-state index in [-0.39, 0.29) is 12.6 Å². The normalized spacial score (nSPS) is 11.9. The SMILES string of the molecule is Cn1cc([C@@H](CO)NCCOc2ccc(C#N)cc2)cn1. The number of nitrogens with zero attached hydrogens (tertiary/aromatic N) is 3. The zero-order chi connectivity index (χ0) is 15.1. The van der Waals surface area contributed by atoms with Gasteiger partial charge in [0.2, 0.25) is 0 Å². The standard InChI is InChI=1S/C15H18N4O2/c1-19-10-13(9-18-19)15(11-20)17-6-7-21-14-4-2-12(8-16)3-5-14/h2-5,9-10,15,17,20H,6-7,11H2,1H3/t15-/m1/s1. The van der Waals surface area contributed by atoms with Crippen molar-refractivity contribution in [3.05, 3.63) is 47.8 Å². The lowest BCUT2D eigenvalue weighted by Gasteiger charge is -2.15. The average Bonchev–Trinajstić information content (AvgIpc) is 2.94. The van der Waals surface area contributed by atoms with Gasteiger partial charge in [-0.25, -0.2) is 0 Å². The minimum atomic E-state index is -0.150. The molecule has 2 N–H and O–H groups in total. The minimum Gasteiger partial charge on any atom is -0.492 e. The van der Waals surface area contributed by atoms with E-state index >= 15 is 0 Å². The summed E-state index contributed by atoms with van der Waals surface area (Å²) >= 11 is 0. The minimum absolute atomic E-state index is 0.00254.